The zero-order chi connectivity index (χ0) is 14.9. The van der Waals surface area contributed by atoms with E-state index in [4.69, 9.17) is 5.11 Å². The highest BCUT2D eigenvalue weighted by Crippen LogP contribution is 2.27. The predicted molar refractivity (Wildman–Crippen MR) is 77.6 cm³/mol. The molecule has 0 aromatic carbocycles. The number of imidazole rings is 1. The molecule has 0 spiro atoms. The SMILES string of the molecule is Cn1cnc2c(NC(CC(=O)O)C(C)(C)C)nccc21. The summed E-state index contributed by atoms with van der Waals surface area (Å²) in [4.78, 5) is 19.7. The molecule has 1 atom stereocenters. The van der Waals surface area contributed by atoms with Crippen LogP contribution >= 0.6 is 0 Å². The summed E-state index contributed by atoms with van der Waals surface area (Å²) < 4.78 is 1.91. The summed E-state index contributed by atoms with van der Waals surface area (Å²) >= 11 is 0. The molecule has 6 nitrogen and oxygen atoms in total. The minimum absolute atomic E-state index is 0.0361. The molecule has 0 saturated carbocycles. The fraction of sp³-hybridized carbons (Fsp3) is 0.500. The number of hydrogen-bond acceptors (Lipinski definition) is 4. The molecule has 2 N–H and O–H groups in total. The first-order valence-corrected chi connectivity index (χ1v) is 6.53. The lowest BCUT2D eigenvalue weighted by molar-refractivity contribution is -0.137. The van der Waals surface area contributed by atoms with Gasteiger partial charge in [-0.25, -0.2) is 9.97 Å². The first-order chi connectivity index (χ1) is 9.29. The maximum absolute atomic E-state index is 11.0. The number of fused-ring (bicyclic) bond motifs is 1. The summed E-state index contributed by atoms with van der Waals surface area (Å²) in [7, 11) is 1.91. The van der Waals surface area contributed by atoms with Gasteiger partial charge in [0, 0.05) is 19.3 Å². The lowest BCUT2D eigenvalue weighted by atomic mass is 9.84. The Morgan fingerprint density at radius 1 is 1.45 bits per heavy atom. The molecule has 20 heavy (non-hydrogen) atoms. The number of carboxylic acids is 1. The highest BCUT2D eigenvalue weighted by molar-refractivity contribution is 5.86. The Hall–Kier alpha value is -2.11. The molecule has 0 saturated heterocycles. The first kappa shape index (κ1) is 14.3. The van der Waals surface area contributed by atoms with Gasteiger partial charge in [-0.1, -0.05) is 20.8 Å². The Morgan fingerprint density at radius 3 is 2.75 bits per heavy atom. The van der Waals surface area contributed by atoms with E-state index in [1.807, 2.05) is 38.5 Å². The maximum Gasteiger partial charge on any atom is 0.305 e. The average molecular weight is 276 g/mol. The van der Waals surface area contributed by atoms with Crippen molar-refractivity contribution in [2.45, 2.75) is 33.2 Å². The van der Waals surface area contributed by atoms with Crippen molar-refractivity contribution >= 4 is 22.8 Å². The minimum Gasteiger partial charge on any atom is -0.481 e. The Labute approximate surface area is 117 Å². The molecule has 2 heterocycles. The zero-order valence-corrected chi connectivity index (χ0v) is 12.2. The molecule has 0 bridgehead atoms. The second kappa shape index (κ2) is 5.11. The number of carbonyl (C=O) groups is 1. The summed E-state index contributed by atoms with van der Waals surface area (Å²) in [5.41, 5.74) is 1.52. The van der Waals surface area contributed by atoms with Crippen LogP contribution in [0.1, 0.15) is 27.2 Å². The summed E-state index contributed by atoms with van der Waals surface area (Å²) in [5, 5.41) is 12.3. The van der Waals surface area contributed by atoms with Gasteiger partial charge >= 0.3 is 5.97 Å². The van der Waals surface area contributed by atoms with Gasteiger partial charge in [0.1, 0.15) is 5.52 Å². The van der Waals surface area contributed by atoms with Crippen molar-refractivity contribution in [1.29, 1.82) is 0 Å². The third-order valence-corrected chi connectivity index (χ3v) is 3.38. The molecule has 0 aliphatic carbocycles. The normalized spacial score (nSPS) is 13.4. The molecule has 2 rings (SSSR count). The summed E-state index contributed by atoms with van der Waals surface area (Å²) in [6.45, 7) is 6.02. The summed E-state index contributed by atoms with van der Waals surface area (Å²) in [5.74, 6) is -0.199. The number of nitrogens with zero attached hydrogens (tertiary/aromatic N) is 3. The molecule has 6 heteroatoms. The summed E-state index contributed by atoms with van der Waals surface area (Å²) in [6, 6.07) is 1.66. The van der Waals surface area contributed by atoms with E-state index >= 15 is 0 Å². The molecule has 2 aromatic rings. The van der Waals surface area contributed by atoms with Gasteiger partial charge < -0.3 is 15.0 Å². The van der Waals surface area contributed by atoms with Crippen LogP contribution in [-0.2, 0) is 11.8 Å². The monoisotopic (exact) mass is 276 g/mol. The van der Waals surface area contributed by atoms with Crippen LogP contribution in [0.15, 0.2) is 18.6 Å². The van der Waals surface area contributed by atoms with E-state index in [2.05, 4.69) is 15.3 Å². The molecule has 0 aliphatic heterocycles. The van der Waals surface area contributed by atoms with Gasteiger partial charge in [-0.2, -0.15) is 0 Å². The minimum atomic E-state index is -0.828. The molecule has 0 fully saturated rings. The summed E-state index contributed by atoms with van der Waals surface area (Å²) in [6.07, 6.45) is 3.46. The highest BCUT2D eigenvalue weighted by Gasteiger charge is 2.28. The van der Waals surface area contributed by atoms with E-state index in [-0.39, 0.29) is 17.9 Å². The standard InChI is InChI=1S/C14H20N4O2/c1-14(2,3)10(7-11(19)20)17-13-12-9(5-6-15-13)18(4)8-16-12/h5-6,8,10H,7H2,1-4H3,(H,15,17)(H,19,20). The van der Waals surface area contributed by atoms with E-state index in [0.717, 1.165) is 11.0 Å². The quantitative estimate of drug-likeness (QED) is 0.895. The van der Waals surface area contributed by atoms with E-state index in [1.165, 1.54) is 0 Å². The van der Waals surface area contributed by atoms with E-state index in [1.54, 1.807) is 12.5 Å². The molecule has 2 aromatic heterocycles. The predicted octanol–water partition coefficient (Wildman–Crippen LogP) is 2.27. The maximum atomic E-state index is 11.0. The van der Waals surface area contributed by atoms with Crippen LogP contribution < -0.4 is 5.32 Å². The largest absolute Gasteiger partial charge is 0.481 e. The van der Waals surface area contributed by atoms with Gasteiger partial charge in [0.25, 0.3) is 0 Å². The van der Waals surface area contributed by atoms with Crippen molar-refractivity contribution in [2.24, 2.45) is 12.5 Å². The van der Waals surface area contributed by atoms with Crippen LogP contribution in [0.2, 0.25) is 0 Å². The van der Waals surface area contributed by atoms with Crippen LogP contribution in [0.4, 0.5) is 5.82 Å². The number of carboxylic acid groups (broad SMARTS) is 1. The van der Waals surface area contributed by atoms with Gasteiger partial charge in [-0.3, -0.25) is 4.79 Å². The molecule has 0 aliphatic rings. The second-order valence-electron chi connectivity index (χ2n) is 6.04. The number of aryl methyl sites for hydroxylation is 1. The van der Waals surface area contributed by atoms with Crippen LogP contribution in [0.3, 0.4) is 0 Å². The second-order valence-corrected chi connectivity index (χ2v) is 6.04. The van der Waals surface area contributed by atoms with Crippen molar-refractivity contribution in [3.05, 3.63) is 18.6 Å². The molecular weight excluding hydrogens is 256 g/mol. The fourth-order valence-electron chi connectivity index (χ4n) is 2.08. The Bertz CT molecular complexity index is 628. The van der Waals surface area contributed by atoms with Crippen molar-refractivity contribution in [3.8, 4) is 0 Å². The van der Waals surface area contributed by atoms with Gasteiger partial charge in [-0.05, 0) is 11.5 Å². The van der Waals surface area contributed by atoms with Crippen LogP contribution in [0.5, 0.6) is 0 Å². The number of anilines is 1. The van der Waals surface area contributed by atoms with Crippen LogP contribution in [0.25, 0.3) is 11.0 Å². The molecule has 0 radical (unpaired) electrons. The number of pyridine rings is 1. The Balaban J connectivity index is 2.35. The molecular formula is C14H20N4O2. The van der Waals surface area contributed by atoms with Gasteiger partial charge in [0.2, 0.25) is 0 Å². The lowest BCUT2D eigenvalue weighted by Gasteiger charge is -2.30. The smallest absolute Gasteiger partial charge is 0.305 e. The molecule has 0 amide bonds. The van der Waals surface area contributed by atoms with E-state index < -0.39 is 5.97 Å². The average Bonchev–Trinajstić information content (AvgIpc) is 2.70. The number of aliphatic carboxylic acids is 1. The van der Waals surface area contributed by atoms with Crippen molar-refractivity contribution in [3.63, 3.8) is 0 Å². The molecule has 1 unspecified atom stereocenters. The zero-order valence-electron chi connectivity index (χ0n) is 12.2. The van der Waals surface area contributed by atoms with Crippen LogP contribution in [0, 0.1) is 5.41 Å². The Morgan fingerprint density at radius 2 is 2.15 bits per heavy atom. The van der Waals surface area contributed by atoms with Gasteiger partial charge in [0.05, 0.1) is 18.3 Å². The number of hydrogen-bond donors (Lipinski definition) is 2. The Kier molecular flexibility index (Phi) is 3.65. The van der Waals surface area contributed by atoms with Crippen molar-refractivity contribution < 1.29 is 9.90 Å². The van der Waals surface area contributed by atoms with Crippen molar-refractivity contribution in [1.82, 2.24) is 14.5 Å². The fourth-order valence-corrected chi connectivity index (χ4v) is 2.08. The number of nitrogens with one attached hydrogen (secondary N) is 1. The highest BCUT2D eigenvalue weighted by atomic mass is 16.4. The third-order valence-electron chi connectivity index (χ3n) is 3.38. The first-order valence-electron chi connectivity index (χ1n) is 6.53. The molecule has 108 valence electrons. The number of aromatic nitrogens is 3. The van der Waals surface area contributed by atoms with Gasteiger partial charge in [-0.15, -0.1) is 0 Å². The lowest BCUT2D eigenvalue weighted by Crippen LogP contribution is -2.36. The van der Waals surface area contributed by atoms with Crippen LogP contribution in [-0.4, -0.2) is 31.7 Å². The number of rotatable bonds is 4. The van der Waals surface area contributed by atoms with E-state index in [9.17, 15) is 4.79 Å². The van der Waals surface area contributed by atoms with Gasteiger partial charge in [0.15, 0.2) is 5.82 Å². The third kappa shape index (κ3) is 2.89. The topological polar surface area (TPSA) is 80.0 Å². The van der Waals surface area contributed by atoms with E-state index in [0.29, 0.717) is 5.82 Å². The van der Waals surface area contributed by atoms with Crippen molar-refractivity contribution in [2.75, 3.05) is 5.32 Å².